The van der Waals surface area contributed by atoms with Crippen LogP contribution in [-0.2, 0) is 0 Å². The molecule has 2 aromatic heterocycles. The van der Waals surface area contributed by atoms with E-state index >= 15 is 0 Å². The Morgan fingerprint density at radius 3 is 2.76 bits per heavy atom. The van der Waals surface area contributed by atoms with Gasteiger partial charge in [-0.1, -0.05) is 26.7 Å². The van der Waals surface area contributed by atoms with Gasteiger partial charge < -0.3 is 10.0 Å². The van der Waals surface area contributed by atoms with Gasteiger partial charge in [-0.15, -0.1) is 0 Å². The van der Waals surface area contributed by atoms with E-state index in [9.17, 15) is 5.11 Å². The molecule has 0 unspecified atom stereocenters. The van der Waals surface area contributed by atoms with Crippen molar-refractivity contribution < 1.29 is 5.11 Å². The average molecular weight is 288 g/mol. The third-order valence-electron chi connectivity index (χ3n) is 4.41. The molecular formula is C16H24N4O. The molecule has 1 N–H and O–H groups in total. The van der Waals surface area contributed by atoms with Crippen molar-refractivity contribution in [1.82, 2.24) is 14.6 Å². The zero-order valence-corrected chi connectivity index (χ0v) is 13.1. The molecule has 0 saturated heterocycles. The predicted molar refractivity (Wildman–Crippen MR) is 83.8 cm³/mol. The van der Waals surface area contributed by atoms with Gasteiger partial charge in [0.15, 0.2) is 5.82 Å². The molecule has 2 heterocycles. The maximum Gasteiger partial charge on any atom is 0.154 e. The van der Waals surface area contributed by atoms with Gasteiger partial charge in [0.2, 0.25) is 0 Å². The predicted octanol–water partition coefficient (Wildman–Crippen LogP) is 2.59. The topological polar surface area (TPSA) is 53.7 Å². The third-order valence-corrected chi connectivity index (χ3v) is 4.41. The Balaban J connectivity index is 1.92. The van der Waals surface area contributed by atoms with Crippen molar-refractivity contribution in [1.29, 1.82) is 0 Å². The summed E-state index contributed by atoms with van der Waals surface area (Å²) in [4.78, 5) is 6.57. The largest absolute Gasteiger partial charge is 0.388 e. The van der Waals surface area contributed by atoms with Gasteiger partial charge in [-0.3, -0.25) is 0 Å². The normalized spacial score (nSPS) is 17.8. The SMILES string of the molecule is CC(C)c1cc2c(N(C)CC3(O)CCCC3)nccn2n1. The molecule has 1 saturated carbocycles. The van der Waals surface area contributed by atoms with Crippen LogP contribution in [-0.4, -0.2) is 38.9 Å². The molecule has 0 bridgehead atoms. The van der Waals surface area contributed by atoms with Crippen LogP contribution in [0, 0.1) is 0 Å². The number of aliphatic hydroxyl groups is 1. The molecule has 0 radical (unpaired) electrons. The van der Waals surface area contributed by atoms with E-state index < -0.39 is 5.60 Å². The fourth-order valence-corrected chi connectivity index (χ4v) is 3.21. The van der Waals surface area contributed by atoms with E-state index in [2.05, 4.69) is 34.9 Å². The van der Waals surface area contributed by atoms with Crippen molar-refractivity contribution in [2.24, 2.45) is 0 Å². The van der Waals surface area contributed by atoms with Gasteiger partial charge in [0.1, 0.15) is 5.52 Å². The van der Waals surface area contributed by atoms with Crippen molar-refractivity contribution in [3.63, 3.8) is 0 Å². The zero-order chi connectivity index (χ0) is 15.0. The minimum atomic E-state index is -0.565. The first-order valence-electron chi connectivity index (χ1n) is 7.76. The van der Waals surface area contributed by atoms with Crippen molar-refractivity contribution >= 4 is 11.3 Å². The van der Waals surface area contributed by atoms with E-state index in [1.54, 1.807) is 6.20 Å². The first kappa shape index (κ1) is 14.3. The summed E-state index contributed by atoms with van der Waals surface area (Å²) < 4.78 is 1.88. The fraction of sp³-hybridized carbons (Fsp3) is 0.625. The molecule has 2 aromatic rings. The highest BCUT2D eigenvalue weighted by molar-refractivity contribution is 5.69. The van der Waals surface area contributed by atoms with Crippen molar-refractivity contribution in [3.05, 3.63) is 24.2 Å². The zero-order valence-electron chi connectivity index (χ0n) is 13.1. The molecule has 0 spiro atoms. The van der Waals surface area contributed by atoms with Crippen LogP contribution in [0.25, 0.3) is 5.52 Å². The Labute approximate surface area is 125 Å². The summed E-state index contributed by atoms with van der Waals surface area (Å²) in [6.07, 6.45) is 7.66. The highest BCUT2D eigenvalue weighted by Crippen LogP contribution is 2.31. The molecule has 0 aromatic carbocycles. The maximum absolute atomic E-state index is 10.6. The number of hydrogen-bond donors (Lipinski definition) is 1. The lowest BCUT2D eigenvalue weighted by atomic mass is 10.0. The molecular weight excluding hydrogens is 264 g/mol. The van der Waals surface area contributed by atoms with Crippen molar-refractivity contribution in [3.8, 4) is 0 Å². The highest BCUT2D eigenvalue weighted by atomic mass is 16.3. The molecule has 21 heavy (non-hydrogen) atoms. The Bertz CT molecular complexity index is 628. The molecule has 0 amide bonds. The summed E-state index contributed by atoms with van der Waals surface area (Å²) in [7, 11) is 2.00. The number of aromatic nitrogens is 3. The summed E-state index contributed by atoms with van der Waals surface area (Å²) >= 11 is 0. The Hall–Kier alpha value is -1.62. The van der Waals surface area contributed by atoms with Crippen molar-refractivity contribution in [2.75, 3.05) is 18.5 Å². The second-order valence-corrected chi connectivity index (χ2v) is 6.59. The van der Waals surface area contributed by atoms with Gasteiger partial charge in [0.25, 0.3) is 0 Å². The van der Waals surface area contributed by atoms with Gasteiger partial charge in [-0.2, -0.15) is 5.10 Å². The number of rotatable bonds is 4. The molecule has 1 aliphatic rings. The van der Waals surface area contributed by atoms with Crippen LogP contribution in [0.1, 0.15) is 51.1 Å². The molecule has 1 aliphatic carbocycles. The van der Waals surface area contributed by atoms with Gasteiger partial charge in [0.05, 0.1) is 11.3 Å². The van der Waals surface area contributed by atoms with Gasteiger partial charge >= 0.3 is 0 Å². The fourth-order valence-electron chi connectivity index (χ4n) is 3.21. The quantitative estimate of drug-likeness (QED) is 0.939. The third kappa shape index (κ3) is 2.75. The summed E-state index contributed by atoms with van der Waals surface area (Å²) in [6.45, 7) is 4.90. The number of hydrogen-bond acceptors (Lipinski definition) is 4. The van der Waals surface area contributed by atoms with E-state index in [4.69, 9.17) is 0 Å². The van der Waals surface area contributed by atoms with Gasteiger partial charge in [0, 0.05) is 26.0 Å². The lowest BCUT2D eigenvalue weighted by Gasteiger charge is -2.29. The molecule has 5 heteroatoms. The lowest BCUT2D eigenvalue weighted by molar-refractivity contribution is 0.0558. The second kappa shape index (κ2) is 5.30. The van der Waals surface area contributed by atoms with Crippen LogP contribution in [0.3, 0.4) is 0 Å². The molecule has 0 atom stereocenters. The average Bonchev–Trinajstić information content (AvgIpc) is 3.04. The van der Waals surface area contributed by atoms with Crippen LogP contribution >= 0.6 is 0 Å². The highest BCUT2D eigenvalue weighted by Gasteiger charge is 2.33. The maximum atomic E-state index is 10.6. The smallest absolute Gasteiger partial charge is 0.154 e. The lowest BCUT2D eigenvalue weighted by Crippen LogP contribution is -2.39. The van der Waals surface area contributed by atoms with Gasteiger partial charge in [-0.25, -0.2) is 9.50 Å². The van der Waals surface area contributed by atoms with E-state index in [1.807, 2.05) is 17.8 Å². The number of anilines is 1. The molecule has 3 rings (SSSR count). The number of fused-ring (bicyclic) bond motifs is 1. The van der Waals surface area contributed by atoms with Crippen molar-refractivity contribution in [2.45, 2.75) is 51.0 Å². The standard InChI is InChI=1S/C16H24N4O/c1-12(2)13-10-14-15(17-8-9-20(14)18-13)19(3)11-16(21)6-4-5-7-16/h8-10,12,21H,4-7,11H2,1-3H3. The monoisotopic (exact) mass is 288 g/mol. The first-order chi connectivity index (χ1) is 9.98. The molecule has 114 valence electrons. The summed E-state index contributed by atoms with van der Waals surface area (Å²) in [5, 5.41) is 15.2. The Morgan fingerprint density at radius 2 is 2.10 bits per heavy atom. The van der Waals surface area contributed by atoms with Crippen LogP contribution < -0.4 is 4.90 Å². The van der Waals surface area contributed by atoms with Crippen LogP contribution in [0.4, 0.5) is 5.82 Å². The van der Waals surface area contributed by atoms with E-state index in [1.165, 1.54) is 0 Å². The summed E-state index contributed by atoms with van der Waals surface area (Å²) in [5.41, 5.74) is 1.51. The number of nitrogens with zero attached hydrogens (tertiary/aromatic N) is 4. The Morgan fingerprint density at radius 1 is 1.38 bits per heavy atom. The van der Waals surface area contributed by atoms with Crippen LogP contribution in [0.15, 0.2) is 18.5 Å². The van der Waals surface area contributed by atoms with E-state index in [0.717, 1.165) is 42.7 Å². The second-order valence-electron chi connectivity index (χ2n) is 6.59. The van der Waals surface area contributed by atoms with E-state index in [0.29, 0.717) is 12.5 Å². The molecule has 5 nitrogen and oxygen atoms in total. The van der Waals surface area contributed by atoms with Crippen LogP contribution in [0.2, 0.25) is 0 Å². The minimum Gasteiger partial charge on any atom is -0.388 e. The van der Waals surface area contributed by atoms with Crippen LogP contribution in [0.5, 0.6) is 0 Å². The molecule has 0 aliphatic heterocycles. The first-order valence-corrected chi connectivity index (χ1v) is 7.76. The van der Waals surface area contributed by atoms with E-state index in [-0.39, 0.29) is 0 Å². The number of likely N-dealkylation sites (N-methyl/N-ethyl adjacent to an activating group) is 1. The van der Waals surface area contributed by atoms with Gasteiger partial charge in [-0.05, 0) is 24.8 Å². The summed E-state index contributed by atoms with van der Waals surface area (Å²) in [6, 6.07) is 2.10. The Kier molecular flexibility index (Phi) is 3.61. The minimum absolute atomic E-state index is 0.391. The molecule has 1 fully saturated rings. The summed E-state index contributed by atoms with van der Waals surface area (Å²) in [5.74, 6) is 1.28.